The van der Waals surface area contributed by atoms with E-state index in [1.807, 2.05) is 13.0 Å². The number of nitrogen functional groups attached to an aromatic ring is 1. The molecule has 94 valence electrons. The zero-order valence-electron chi connectivity index (χ0n) is 10.2. The number of anilines is 2. The summed E-state index contributed by atoms with van der Waals surface area (Å²) in [5.41, 5.74) is 6.09. The molecule has 0 aliphatic heterocycles. The number of carbonyl (C=O) groups excluding carboxylic acids is 1. The van der Waals surface area contributed by atoms with Crippen LogP contribution in [0.25, 0.3) is 0 Å². The fraction of sp³-hybridized carbons (Fsp3) is 0.417. The van der Waals surface area contributed by atoms with Crippen LogP contribution in [0.3, 0.4) is 0 Å². The number of amides is 1. The molecule has 1 rings (SSSR count). The first-order valence-corrected chi connectivity index (χ1v) is 6.14. The summed E-state index contributed by atoms with van der Waals surface area (Å²) in [4.78, 5) is 12.0. The normalized spacial score (nSPS) is 14.1. The molecule has 1 aromatic rings. The largest absolute Gasteiger partial charge is 0.397 e. The van der Waals surface area contributed by atoms with Crippen LogP contribution in [-0.4, -0.2) is 18.6 Å². The van der Waals surface area contributed by atoms with Gasteiger partial charge in [0.1, 0.15) is 5.60 Å². The SMILES string of the molecule is CCC(C)(OC)C(=O)Nc1ccc(Br)cc1N. The second-order valence-corrected chi connectivity index (χ2v) is 4.89. The van der Waals surface area contributed by atoms with Crippen LogP contribution in [0, 0.1) is 0 Å². The Morgan fingerprint density at radius 1 is 1.59 bits per heavy atom. The summed E-state index contributed by atoms with van der Waals surface area (Å²) in [5.74, 6) is -0.198. The number of hydrogen-bond acceptors (Lipinski definition) is 3. The van der Waals surface area contributed by atoms with E-state index in [4.69, 9.17) is 10.5 Å². The average molecular weight is 301 g/mol. The predicted octanol–water partition coefficient (Wildman–Crippen LogP) is 2.78. The maximum absolute atomic E-state index is 12.0. The molecule has 3 N–H and O–H groups in total. The molecule has 0 spiro atoms. The molecule has 0 radical (unpaired) electrons. The molecule has 17 heavy (non-hydrogen) atoms. The maximum atomic E-state index is 12.0. The number of nitrogens with one attached hydrogen (secondary N) is 1. The van der Waals surface area contributed by atoms with Gasteiger partial charge in [-0.3, -0.25) is 4.79 Å². The molecular weight excluding hydrogens is 284 g/mol. The first-order valence-electron chi connectivity index (χ1n) is 5.34. The first kappa shape index (κ1) is 14.0. The first-order chi connectivity index (χ1) is 7.92. The highest BCUT2D eigenvalue weighted by atomic mass is 79.9. The summed E-state index contributed by atoms with van der Waals surface area (Å²) in [5, 5.41) is 2.77. The summed E-state index contributed by atoms with van der Waals surface area (Å²) in [7, 11) is 1.52. The van der Waals surface area contributed by atoms with Crippen molar-refractivity contribution in [1.82, 2.24) is 0 Å². The zero-order valence-corrected chi connectivity index (χ0v) is 11.8. The highest BCUT2D eigenvalue weighted by Crippen LogP contribution is 2.25. The summed E-state index contributed by atoms with van der Waals surface area (Å²) in [6.07, 6.45) is 0.589. The number of carbonyl (C=O) groups is 1. The third kappa shape index (κ3) is 3.20. The van der Waals surface area contributed by atoms with Crippen LogP contribution >= 0.6 is 15.9 Å². The van der Waals surface area contributed by atoms with E-state index in [0.29, 0.717) is 17.8 Å². The fourth-order valence-electron chi connectivity index (χ4n) is 1.30. The van der Waals surface area contributed by atoms with E-state index in [-0.39, 0.29) is 5.91 Å². The van der Waals surface area contributed by atoms with Gasteiger partial charge in [-0.1, -0.05) is 22.9 Å². The van der Waals surface area contributed by atoms with Crippen molar-refractivity contribution in [2.75, 3.05) is 18.2 Å². The predicted molar refractivity (Wildman–Crippen MR) is 72.9 cm³/mol. The van der Waals surface area contributed by atoms with Crippen molar-refractivity contribution in [2.24, 2.45) is 0 Å². The van der Waals surface area contributed by atoms with Crippen molar-refractivity contribution < 1.29 is 9.53 Å². The summed E-state index contributed by atoms with van der Waals surface area (Å²) < 4.78 is 6.10. The number of ether oxygens (including phenoxy) is 1. The van der Waals surface area contributed by atoms with E-state index in [0.717, 1.165) is 4.47 Å². The van der Waals surface area contributed by atoms with Crippen LogP contribution in [0.2, 0.25) is 0 Å². The Labute approximate surface area is 110 Å². The summed E-state index contributed by atoms with van der Waals surface area (Å²) >= 11 is 3.31. The Morgan fingerprint density at radius 3 is 2.71 bits per heavy atom. The fourth-order valence-corrected chi connectivity index (χ4v) is 1.68. The topological polar surface area (TPSA) is 64.3 Å². The van der Waals surface area contributed by atoms with Crippen molar-refractivity contribution in [3.63, 3.8) is 0 Å². The number of benzene rings is 1. The Bertz CT molecular complexity index is 417. The van der Waals surface area contributed by atoms with Gasteiger partial charge in [0.2, 0.25) is 0 Å². The van der Waals surface area contributed by atoms with Crippen LogP contribution in [0.1, 0.15) is 20.3 Å². The van der Waals surface area contributed by atoms with Crippen LogP contribution in [0.15, 0.2) is 22.7 Å². The number of nitrogens with two attached hydrogens (primary N) is 1. The van der Waals surface area contributed by atoms with Crippen LogP contribution in [0.5, 0.6) is 0 Å². The van der Waals surface area contributed by atoms with Crippen LogP contribution < -0.4 is 11.1 Å². The molecule has 0 aromatic heterocycles. The lowest BCUT2D eigenvalue weighted by atomic mass is 10.0. The van der Waals surface area contributed by atoms with Crippen molar-refractivity contribution >= 4 is 33.2 Å². The average Bonchev–Trinajstić information content (AvgIpc) is 2.31. The van der Waals surface area contributed by atoms with Gasteiger partial charge in [-0.25, -0.2) is 0 Å². The molecule has 1 aromatic carbocycles. The molecule has 0 bridgehead atoms. The highest BCUT2D eigenvalue weighted by Gasteiger charge is 2.31. The maximum Gasteiger partial charge on any atom is 0.256 e. The molecule has 5 heteroatoms. The molecule has 4 nitrogen and oxygen atoms in total. The van der Waals surface area contributed by atoms with Gasteiger partial charge in [0.15, 0.2) is 0 Å². The van der Waals surface area contributed by atoms with E-state index >= 15 is 0 Å². The summed E-state index contributed by atoms with van der Waals surface area (Å²) in [6, 6.07) is 5.32. The van der Waals surface area contributed by atoms with E-state index < -0.39 is 5.60 Å². The lowest BCUT2D eigenvalue weighted by Crippen LogP contribution is -2.41. The number of methoxy groups -OCH3 is 1. The standard InChI is InChI=1S/C12H17BrN2O2/c1-4-12(2,17-3)11(16)15-10-6-5-8(13)7-9(10)14/h5-7H,4,14H2,1-3H3,(H,15,16). The number of rotatable bonds is 4. The lowest BCUT2D eigenvalue weighted by molar-refractivity contribution is -0.136. The van der Waals surface area contributed by atoms with Gasteiger partial charge in [0, 0.05) is 11.6 Å². The smallest absolute Gasteiger partial charge is 0.256 e. The van der Waals surface area contributed by atoms with Gasteiger partial charge in [0.25, 0.3) is 5.91 Å². The molecule has 0 heterocycles. The molecule has 0 saturated carbocycles. The number of hydrogen-bond donors (Lipinski definition) is 2. The molecule has 1 atom stereocenters. The van der Waals surface area contributed by atoms with Gasteiger partial charge < -0.3 is 15.8 Å². The van der Waals surface area contributed by atoms with Crippen LogP contribution in [0.4, 0.5) is 11.4 Å². The van der Waals surface area contributed by atoms with E-state index in [9.17, 15) is 4.79 Å². The minimum Gasteiger partial charge on any atom is -0.397 e. The molecule has 0 aliphatic rings. The molecule has 1 amide bonds. The third-order valence-corrected chi connectivity index (χ3v) is 3.36. The molecule has 1 unspecified atom stereocenters. The lowest BCUT2D eigenvalue weighted by Gasteiger charge is -2.25. The van der Waals surface area contributed by atoms with Gasteiger partial charge in [-0.05, 0) is 31.5 Å². The van der Waals surface area contributed by atoms with E-state index in [1.54, 1.807) is 19.1 Å². The molecule has 0 fully saturated rings. The van der Waals surface area contributed by atoms with Crippen molar-refractivity contribution in [3.05, 3.63) is 22.7 Å². The van der Waals surface area contributed by atoms with Gasteiger partial charge in [0.05, 0.1) is 11.4 Å². The third-order valence-electron chi connectivity index (χ3n) is 2.87. The Hall–Kier alpha value is -1.07. The van der Waals surface area contributed by atoms with Crippen LogP contribution in [-0.2, 0) is 9.53 Å². The highest BCUT2D eigenvalue weighted by molar-refractivity contribution is 9.10. The second-order valence-electron chi connectivity index (χ2n) is 3.97. The van der Waals surface area contributed by atoms with Crippen molar-refractivity contribution in [2.45, 2.75) is 25.9 Å². The van der Waals surface area contributed by atoms with E-state index in [2.05, 4.69) is 21.2 Å². The number of halogens is 1. The monoisotopic (exact) mass is 300 g/mol. The van der Waals surface area contributed by atoms with Gasteiger partial charge >= 0.3 is 0 Å². The molecular formula is C12H17BrN2O2. The Balaban J connectivity index is 2.88. The minimum atomic E-state index is -0.834. The van der Waals surface area contributed by atoms with Crippen molar-refractivity contribution in [3.8, 4) is 0 Å². The van der Waals surface area contributed by atoms with Gasteiger partial charge in [-0.2, -0.15) is 0 Å². The minimum absolute atomic E-state index is 0.198. The molecule has 0 aliphatic carbocycles. The Morgan fingerprint density at radius 2 is 2.24 bits per heavy atom. The molecule has 0 saturated heterocycles. The summed E-state index contributed by atoms with van der Waals surface area (Å²) in [6.45, 7) is 3.64. The van der Waals surface area contributed by atoms with E-state index in [1.165, 1.54) is 7.11 Å². The Kier molecular flexibility index (Phi) is 4.54. The zero-order chi connectivity index (χ0) is 13.1. The quantitative estimate of drug-likeness (QED) is 0.841. The van der Waals surface area contributed by atoms with Crippen molar-refractivity contribution in [1.29, 1.82) is 0 Å². The van der Waals surface area contributed by atoms with Gasteiger partial charge in [-0.15, -0.1) is 0 Å². The second kappa shape index (κ2) is 5.51.